The van der Waals surface area contributed by atoms with E-state index in [2.05, 4.69) is 47.8 Å². The van der Waals surface area contributed by atoms with E-state index in [1.807, 2.05) is 19.1 Å². The van der Waals surface area contributed by atoms with Crippen LogP contribution >= 0.6 is 47.8 Å². The number of benzene rings is 2. The van der Waals surface area contributed by atoms with Crippen LogP contribution < -0.4 is 9.47 Å². The van der Waals surface area contributed by atoms with Crippen molar-refractivity contribution in [1.29, 1.82) is 0 Å². The molecule has 0 spiro atoms. The standard InChI is InChI=1S/C16H11Br3O4/c1-9-4-12(18)6-13(19)16(9)22-8-15(21)23-14-3-2-11(17)5-10(14)7-20/h2-7H,8H2,1H3. The smallest absolute Gasteiger partial charge is 0.349 e. The van der Waals surface area contributed by atoms with Crippen molar-refractivity contribution in [3.63, 3.8) is 0 Å². The highest BCUT2D eigenvalue weighted by atomic mass is 79.9. The molecule has 2 aromatic rings. The average Bonchev–Trinajstić information content (AvgIpc) is 2.47. The van der Waals surface area contributed by atoms with Crippen LogP contribution in [0, 0.1) is 6.92 Å². The van der Waals surface area contributed by atoms with Crippen LogP contribution in [0.1, 0.15) is 15.9 Å². The van der Waals surface area contributed by atoms with E-state index in [1.165, 1.54) is 0 Å². The number of esters is 1. The van der Waals surface area contributed by atoms with Crippen molar-refractivity contribution >= 4 is 60.0 Å². The van der Waals surface area contributed by atoms with Gasteiger partial charge in [0.25, 0.3) is 0 Å². The summed E-state index contributed by atoms with van der Waals surface area (Å²) < 4.78 is 13.1. The highest BCUT2D eigenvalue weighted by molar-refractivity contribution is 9.11. The van der Waals surface area contributed by atoms with E-state index in [4.69, 9.17) is 9.47 Å². The summed E-state index contributed by atoms with van der Waals surface area (Å²) in [6.07, 6.45) is 0.629. The second-order valence-electron chi connectivity index (χ2n) is 4.60. The number of aryl methyl sites for hydroxylation is 1. The average molecular weight is 507 g/mol. The van der Waals surface area contributed by atoms with Crippen molar-refractivity contribution in [3.8, 4) is 11.5 Å². The van der Waals surface area contributed by atoms with Gasteiger partial charge < -0.3 is 9.47 Å². The predicted molar refractivity (Wildman–Crippen MR) is 97.2 cm³/mol. The molecule has 0 aromatic heterocycles. The Morgan fingerprint density at radius 3 is 2.52 bits per heavy atom. The lowest BCUT2D eigenvalue weighted by Gasteiger charge is -2.12. The Kier molecular flexibility index (Phi) is 6.38. The van der Waals surface area contributed by atoms with E-state index in [0.717, 1.165) is 19.0 Å². The molecule has 4 nitrogen and oxygen atoms in total. The van der Waals surface area contributed by atoms with Gasteiger partial charge in [-0.3, -0.25) is 4.79 Å². The van der Waals surface area contributed by atoms with Crippen molar-refractivity contribution < 1.29 is 19.1 Å². The molecule has 0 radical (unpaired) electrons. The molecule has 0 saturated heterocycles. The Bertz CT molecular complexity index is 736. The SMILES string of the molecule is Cc1cc(Br)cc(Br)c1OCC(=O)Oc1ccc(Br)cc1C=O. The highest BCUT2D eigenvalue weighted by Crippen LogP contribution is 2.32. The number of rotatable bonds is 5. The lowest BCUT2D eigenvalue weighted by molar-refractivity contribution is -0.136. The first-order valence-corrected chi connectivity index (χ1v) is 8.82. The molecular formula is C16H11Br3O4. The first kappa shape index (κ1) is 18.2. The number of hydrogen-bond acceptors (Lipinski definition) is 4. The molecule has 2 rings (SSSR count). The Morgan fingerprint density at radius 1 is 1.13 bits per heavy atom. The third-order valence-corrected chi connectivity index (χ3v) is 4.39. The first-order valence-electron chi connectivity index (χ1n) is 6.44. The Balaban J connectivity index is 2.05. The lowest BCUT2D eigenvalue weighted by atomic mass is 10.2. The van der Waals surface area contributed by atoms with Crippen molar-refractivity contribution in [3.05, 3.63) is 54.9 Å². The van der Waals surface area contributed by atoms with Crippen LogP contribution in [-0.2, 0) is 4.79 Å². The Morgan fingerprint density at radius 2 is 1.87 bits per heavy atom. The van der Waals surface area contributed by atoms with Gasteiger partial charge in [-0.1, -0.05) is 31.9 Å². The number of hydrogen-bond donors (Lipinski definition) is 0. The molecule has 7 heteroatoms. The van der Waals surface area contributed by atoms with Gasteiger partial charge in [-0.05, 0) is 58.7 Å². The molecule has 2 aromatic carbocycles. The van der Waals surface area contributed by atoms with Crippen LogP contribution in [-0.4, -0.2) is 18.9 Å². The molecule has 0 aliphatic rings. The molecular weight excluding hydrogens is 496 g/mol. The van der Waals surface area contributed by atoms with Crippen LogP contribution in [0.2, 0.25) is 0 Å². The Labute approximate surface area is 158 Å². The van der Waals surface area contributed by atoms with Crippen molar-refractivity contribution in [2.75, 3.05) is 6.61 Å². The molecule has 0 aliphatic carbocycles. The van der Waals surface area contributed by atoms with E-state index in [1.54, 1.807) is 18.2 Å². The fourth-order valence-corrected chi connectivity index (χ4v) is 3.79. The number of ether oxygens (including phenoxy) is 2. The molecule has 0 bridgehead atoms. The number of aldehydes is 1. The molecule has 23 heavy (non-hydrogen) atoms. The molecule has 0 amide bonds. The maximum Gasteiger partial charge on any atom is 0.349 e. The predicted octanol–water partition coefficient (Wildman–Crippen LogP) is 5.08. The highest BCUT2D eigenvalue weighted by Gasteiger charge is 2.13. The van der Waals surface area contributed by atoms with Gasteiger partial charge in [0, 0.05) is 8.95 Å². The minimum atomic E-state index is -0.593. The maximum atomic E-state index is 11.9. The Hall–Kier alpha value is -1.18. The zero-order chi connectivity index (χ0) is 17.0. The zero-order valence-electron chi connectivity index (χ0n) is 11.9. The molecule has 0 aliphatic heterocycles. The zero-order valence-corrected chi connectivity index (χ0v) is 16.7. The fourth-order valence-electron chi connectivity index (χ4n) is 1.86. The van der Waals surface area contributed by atoms with E-state index in [0.29, 0.717) is 12.0 Å². The van der Waals surface area contributed by atoms with Crippen molar-refractivity contribution in [2.24, 2.45) is 0 Å². The summed E-state index contributed by atoms with van der Waals surface area (Å²) in [6.45, 7) is 1.60. The molecule has 0 N–H and O–H groups in total. The van der Waals surface area contributed by atoms with Crippen LogP contribution in [0.25, 0.3) is 0 Å². The van der Waals surface area contributed by atoms with Gasteiger partial charge in [-0.2, -0.15) is 0 Å². The summed E-state index contributed by atoms with van der Waals surface area (Å²) in [5, 5.41) is 0. The second-order valence-corrected chi connectivity index (χ2v) is 7.28. The molecule has 120 valence electrons. The first-order chi connectivity index (χ1) is 10.9. The summed E-state index contributed by atoms with van der Waals surface area (Å²) in [5.41, 5.74) is 1.16. The van der Waals surface area contributed by atoms with Gasteiger partial charge in [-0.25, -0.2) is 4.79 Å². The van der Waals surface area contributed by atoms with Gasteiger partial charge in [0.1, 0.15) is 11.5 Å². The van der Waals surface area contributed by atoms with Gasteiger partial charge >= 0.3 is 5.97 Å². The van der Waals surface area contributed by atoms with Crippen LogP contribution in [0.5, 0.6) is 11.5 Å². The fraction of sp³-hybridized carbons (Fsp3) is 0.125. The van der Waals surface area contributed by atoms with Gasteiger partial charge in [0.15, 0.2) is 12.9 Å². The molecule has 0 fully saturated rings. The van der Waals surface area contributed by atoms with Gasteiger partial charge in [0.05, 0.1) is 10.0 Å². The third-order valence-electron chi connectivity index (χ3n) is 2.85. The van der Waals surface area contributed by atoms with Crippen molar-refractivity contribution in [1.82, 2.24) is 0 Å². The van der Waals surface area contributed by atoms with E-state index >= 15 is 0 Å². The third kappa shape index (κ3) is 4.89. The summed E-state index contributed by atoms with van der Waals surface area (Å²) >= 11 is 10.0. The van der Waals surface area contributed by atoms with E-state index in [9.17, 15) is 9.59 Å². The summed E-state index contributed by atoms with van der Waals surface area (Å²) in [7, 11) is 0. The quantitative estimate of drug-likeness (QED) is 0.322. The largest absolute Gasteiger partial charge is 0.480 e. The second kappa shape index (κ2) is 8.08. The van der Waals surface area contributed by atoms with Crippen LogP contribution in [0.15, 0.2) is 43.7 Å². The summed E-state index contributed by atoms with van der Waals surface area (Å²) in [5.74, 6) is 0.171. The number of carbonyl (C=O) groups is 2. The summed E-state index contributed by atoms with van der Waals surface area (Å²) in [6, 6.07) is 8.52. The van der Waals surface area contributed by atoms with Crippen LogP contribution in [0.4, 0.5) is 0 Å². The number of halogens is 3. The van der Waals surface area contributed by atoms with E-state index in [-0.39, 0.29) is 17.9 Å². The normalized spacial score (nSPS) is 10.3. The molecule has 0 unspecified atom stereocenters. The maximum absolute atomic E-state index is 11.9. The summed E-state index contributed by atoms with van der Waals surface area (Å²) in [4.78, 5) is 22.9. The molecule has 0 saturated carbocycles. The molecule has 0 atom stereocenters. The molecule has 0 heterocycles. The van der Waals surface area contributed by atoms with Crippen LogP contribution in [0.3, 0.4) is 0 Å². The minimum absolute atomic E-state index is 0.198. The van der Waals surface area contributed by atoms with Gasteiger partial charge in [0.2, 0.25) is 0 Å². The number of carbonyl (C=O) groups excluding carboxylic acids is 2. The monoisotopic (exact) mass is 504 g/mol. The van der Waals surface area contributed by atoms with Gasteiger partial charge in [-0.15, -0.1) is 0 Å². The topological polar surface area (TPSA) is 52.6 Å². The lowest BCUT2D eigenvalue weighted by Crippen LogP contribution is -2.18. The van der Waals surface area contributed by atoms with Crippen molar-refractivity contribution in [2.45, 2.75) is 6.92 Å². The minimum Gasteiger partial charge on any atom is -0.480 e. The van der Waals surface area contributed by atoms with E-state index < -0.39 is 5.97 Å².